The van der Waals surface area contributed by atoms with Crippen molar-refractivity contribution in [3.8, 4) is 11.5 Å². The molecule has 1 atom stereocenters. The number of hydrogen-bond donors (Lipinski definition) is 3. The van der Waals surface area contributed by atoms with Gasteiger partial charge in [0.15, 0.2) is 11.5 Å². The van der Waals surface area contributed by atoms with Crippen LogP contribution < -0.4 is 25.0 Å². The number of amides is 2. The molecule has 1 aromatic rings. The summed E-state index contributed by atoms with van der Waals surface area (Å²) in [5.41, 5.74) is 1.68. The molecule has 0 aliphatic carbocycles. The smallest absolute Gasteiger partial charge is 0.387 e. The van der Waals surface area contributed by atoms with Crippen molar-refractivity contribution in [2.75, 3.05) is 33.9 Å². The summed E-state index contributed by atoms with van der Waals surface area (Å²) in [5.74, 6) is -0.322. The number of urea groups is 1. The summed E-state index contributed by atoms with van der Waals surface area (Å²) in [6.45, 7) is -0.0448. The van der Waals surface area contributed by atoms with Crippen molar-refractivity contribution in [2.45, 2.75) is 20.1 Å². The molecule has 2 rings (SSSR count). The molecular weight excluding hydrogens is 376 g/mol. The Morgan fingerprint density at radius 1 is 1.29 bits per heavy atom. The summed E-state index contributed by atoms with van der Waals surface area (Å²) >= 11 is 0. The number of methoxy groups -OCH3 is 1. The molecule has 154 valence electrons. The topological polar surface area (TPSA) is 90.3 Å². The molecule has 3 N–H and O–H groups in total. The lowest BCUT2D eigenvalue weighted by Gasteiger charge is -2.23. The fraction of sp³-hybridized carbons (Fsp3) is 0.444. The van der Waals surface area contributed by atoms with Crippen molar-refractivity contribution >= 4 is 12.0 Å². The first-order valence-electron chi connectivity index (χ1n) is 8.71. The maximum atomic E-state index is 12.4. The summed E-state index contributed by atoms with van der Waals surface area (Å²) in [7, 11) is 3.25. The normalized spacial score (nSPS) is 15.0. The number of hydrogen-bond acceptors (Lipinski definition) is 5. The van der Waals surface area contributed by atoms with Crippen molar-refractivity contribution in [3.05, 3.63) is 35.0 Å². The number of quaternary nitrogens is 1. The van der Waals surface area contributed by atoms with Gasteiger partial charge >= 0.3 is 18.6 Å². The molecule has 8 nitrogen and oxygen atoms in total. The highest BCUT2D eigenvalue weighted by atomic mass is 19.3. The highest BCUT2D eigenvalue weighted by Gasteiger charge is 2.26. The van der Waals surface area contributed by atoms with E-state index in [0.717, 1.165) is 10.5 Å². The molecule has 28 heavy (non-hydrogen) atoms. The van der Waals surface area contributed by atoms with Crippen LogP contribution in [0, 0.1) is 0 Å². The number of likely N-dealkylation sites (N-methyl/N-ethyl adjacent to an activating group) is 1. The van der Waals surface area contributed by atoms with E-state index in [2.05, 4.69) is 15.4 Å². The predicted molar refractivity (Wildman–Crippen MR) is 95.3 cm³/mol. The molecule has 0 bridgehead atoms. The summed E-state index contributed by atoms with van der Waals surface area (Å²) in [5, 5.41) is 5.21. The highest BCUT2D eigenvalue weighted by molar-refractivity contribution is 5.93. The van der Waals surface area contributed by atoms with E-state index in [1.807, 2.05) is 7.05 Å². The Morgan fingerprint density at radius 3 is 2.68 bits per heavy atom. The Kier molecular flexibility index (Phi) is 7.56. The molecule has 0 saturated carbocycles. The van der Waals surface area contributed by atoms with Crippen LogP contribution in [0.1, 0.15) is 12.5 Å². The van der Waals surface area contributed by atoms with E-state index >= 15 is 0 Å². The van der Waals surface area contributed by atoms with Crippen LogP contribution in [-0.2, 0) is 16.1 Å². The van der Waals surface area contributed by atoms with Crippen molar-refractivity contribution in [3.63, 3.8) is 0 Å². The Balaban J connectivity index is 2.12. The van der Waals surface area contributed by atoms with Crippen LogP contribution in [0.4, 0.5) is 13.6 Å². The van der Waals surface area contributed by atoms with E-state index in [4.69, 9.17) is 9.47 Å². The summed E-state index contributed by atoms with van der Waals surface area (Å²) < 4.78 is 39.4. The predicted octanol–water partition coefficient (Wildman–Crippen LogP) is 0.441. The molecule has 1 aliphatic heterocycles. The van der Waals surface area contributed by atoms with Crippen LogP contribution in [0.3, 0.4) is 0 Å². The number of esters is 1. The number of benzene rings is 1. The highest BCUT2D eigenvalue weighted by Crippen LogP contribution is 2.29. The number of nitrogens with one attached hydrogen (secondary N) is 3. The molecule has 0 radical (unpaired) electrons. The zero-order valence-corrected chi connectivity index (χ0v) is 15.9. The van der Waals surface area contributed by atoms with E-state index in [1.54, 1.807) is 19.1 Å². The SMILES string of the molecule is CCOC(=O)C1=C(C[NH+](C)Cc2ccc(OC(F)F)c(OC)c2)NC(=O)NC1. The third kappa shape index (κ3) is 5.81. The largest absolute Gasteiger partial charge is 0.493 e. The molecule has 1 aromatic carbocycles. The number of carbonyl (C=O) groups is 2. The minimum Gasteiger partial charge on any atom is -0.493 e. The van der Waals surface area contributed by atoms with Crippen LogP contribution >= 0.6 is 0 Å². The van der Waals surface area contributed by atoms with Gasteiger partial charge in [0.25, 0.3) is 0 Å². The van der Waals surface area contributed by atoms with Crippen LogP contribution in [0.15, 0.2) is 29.5 Å². The van der Waals surface area contributed by atoms with Crippen molar-refractivity contribution in [1.82, 2.24) is 10.6 Å². The second-order valence-corrected chi connectivity index (χ2v) is 6.16. The zero-order valence-electron chi connectivity index (χ0n) is 15.9. The lowest BCUT2D eigenvalue weighted by atomic mass is 10.1. The maximum absolute atomic E-state index is 12.4. The van der Waals surface area contributed by atoms with Gasteiger partial charge in [-0.25, -0.2) is 9.59 Å². The number of rotatable bonds is 9. The van der Waals surface area contributed by atoms with Crippen molar-refractivity contribution < 1.29 is 37.5 Å². The molecule has 0 fully saturated rings. The first-order valence-corrected chi connectivity index (χ1v) is 8.71. The Morgan fingerprint density at radius 2 is 2.04 bits per heavy atom. The van der Waals surface area contributed by atoms with Gasteiger partial charge in [0.1, 0.15) is 13.1 Å². The van der Waals surface area contributed by atoms with E-state index in [-0.39, 0.29) is 30.7 Å². The molecule has 0 aromatic heterocycles. The fourth-order valence-corrected chi connectivity index (χ4v) is 2.82. The minimum absolute atomic E-state index is 0.0446. The lowest BCUT2D eigenvalue weighted by molar-refractivity contribution is -0.889. The van der Waals surface area contributed by atoms with Crippen LogP contribution in [0.2, 0.25) is 0 Å². The average Bonchev–Trinajstić information content (AvgIpc) is 2.62. The van der Waals surface area contributed by atoms with Crippen LogP contribution in [0.5, 0.6) is 11.5 Å². The molecular formula is C18H24F2N3O5+. The molecule has 2 amide bonds. The number of carbonyl (C=O) groups excluding carboxylic acids is 2. The Hall–Kier alpha value is -2.88. The van der Waals surface area contributed by atoms with Gasteiger partial charge in [0, 0.05) is 5.56 Å². The van der Waals surface area contributed by atoms with Gasteiger partial charge in [0.2, 0.25) is 0 Å². The van der Waals surface area contributed by atoms with E-state index in [9.17, 15) is 18.4 Å². The third-order valence-electron chi connectivity index (χ3n) is 4.00. The van der Waals surface area contributed by atoms with Crippen LogP contribution in [0.25, 0.3) is 0 Å². The second kappa shape index (κ2) is 9.88. The average molecular weight is 400 g/mol. The second-order valence-electron chi connectivity index (χ2n) is 6.16. The number of ether oxygens (including phenoxy) is 3. The Labute approximate surface area is 161 Å². The number of alkyl halides is 2. The van der Waals surface area contributed by atoms with Gasteiger partial charge in [-0.3, -0.25) is 0 Å². The summed E-state index contributed by atoms with van der Waals surface area (Å²) in [6, 6.07) is 4.31. The first-order chi connectivity index (χ1) is 13.3. The molecule has 1 heterocycles. The van der Waals surface area contributed by atoms with Crippen LogP contribution in [-0.4, -0.2) is 52.5 Å². The fourth-order valence-electron chi connectivity index (χ4n) is 2.82. The Bertz CT molecular complexity index is 755. The van der Waals surface area contributed by atoms with E-state index in [1.165, 1.54) is 13.2 Å². The monoisotopic (exact) mass is 400 g/mol. The van der Waals surface area contributed by atoms with E-state index < -0.39 is 12.6 Å². The third-order valence-corrected chi connectivity index (χ3v) is 4.00. The van der Waals surface area contributed by atoms with Crippen molar-refractivity contribution in [2.24, 2.45) is 0 Å². The van der Waals surface area contributed by atoms with Gasteiger partial charge < -0.3 is 29.7 Å². The standard InChI is InChI=1S/C18H23F2N3O5/c1-4-27-16(24)12-8-21-18(25)22-13(12)10-23(2)9-11-5-6-14(28-17(19)20)15(7-11)26-3/h5-7,17H,4,8-10H2,1-3H3,(H2,21,22,25)/p+1. The van der Waals surface area contributed by atoms with Gasteiger partial charge in [-0.1, -0.05) is 0 Å². The molecule has 0 spiro atoms. The molecule has 1 aliphatic rings. The molecule has 0 saturated heterocycles. The van der Waals surface area contributed by atoms with Gasteiger partial charge in [-0.05, 0) is 25.1 Å². The lowest BCUT2D eigenvalue weighted by Crippen LogP contribution is -3.08. The minimum atomic E-state index is -2.94. The quantitative estimate of drug-likeness (QED) is 0.524. The molecule has 10 heteroatoms. The van der Waals surface area contributed by atoms with E-state index in [0.29, 0.717) is 24.4 Å². The van der Waals surface area contributed by atoms with Gasteiger partial charge in [0.05, 0.1) is 38.6 Å². The summed E-state index contributed by atoms with van der Waals surface area (Å²) in [6.07, 6.45) is 0. The number of halogens is 2. The van der Waals surface area contributed by atoms with Gasteiger partial charge in [-0.15, -0.1) is 0 Å². The summed E-state index contributed by atoms with van der Waals surface area (Å²) in [4.78, 5) is 24.7. The van der Waals surface area contributed by atoms with Gasteiger partial charge in [-0.2, -0.15) is 8.78 Å². The van der Waals surface area contributed by atoms with Crippen molar-refractivity contribution in [1.29, 1.82) is 0 Å². The first kappa shape index (κ1) is 21.4. The maximum Gasteiger partial charge on any atom is 0.387 e. The molecule has 1 unspecified atom stereocenters. The zero-order chi connectivity index (χ0) is 20.7.